The van der Waals surface area contributed by atoms with Gasteiger partial charge in [-0.25, -0.2) is 0 Å². The number of hydrogen-bond acceptors (Lipinski definition) is 4. The van der Waals surface area contributed by atoms with E-state index in [2.05, 4.69) is 12.2 Å². The molecule has 0 saturated carbocycles. The third-order valence-corrected chi connectivity index (χ3v) is 4.16. The fourth-order valence-corrected chi connectivity index (χ4v) is 2.73. The van der Waals surface area contributed by atoms with Crippen molar-refractivity contribution in [1.82, 2.24) is 10.2 Å². The molecule has 1 aliphatic rings. The van der Waals surface area contributed by atoms with Crippen LogP contribution in [0.2, 0.25) is 0 Å². The second-order valence-electron chi connectivity index (χ2n) is 3.88. The average Bonchev–Trinajstić information content (AvgIpc) is 2.29. The molecule has 1 saturated heterocycles. The summed E-state index contributed by atoms with van der Waals surface area (Å²) in [5.41, 5.74) is 5.15. The van der Waals surface area contributed by atoms with Gasteiger partial charge in [-0.3, -0.25) is 9.59 Å². The summed E-state index contributed by atoms with van der Waals surface area (Å²) < 4.78 is 0. The molecule has 0 aromatic rings. The summed E-state index contributed by atoms with van der Waals surface area (Å²) in [5.74, 6) is 0.643. The first-order valence-corrected chi connectivity index (χ1v) is 6.49. The van der Waals surface area contributed by atoms with E-state index >= 15 is 0 Å². The number of nitrogens with one attached hydrogen (secondary N) is 1. The van der Waals surface area contributed by atoms with Crippen molar-refractivity contribution in [3.63, 3.8) is 0 Å². The zero-order valence-corrected chi connectivity index (χ0v) is 11.8. The SMILES string of the molecule is CC1SCCN(C(=O)CNC(=O)CN)C1C.Cl. The van der Waals surface area contributed by atoms with Gasteiger partial charge in [0.1, 0.15) is 0 Å². The van der Waals surface area contributed by atoms with Crippen molar-refractivity contribution in [3.8, 4) is 0 Å². The lowest BCUT2D eigenvalue weighted by Gasteiger charge is -2.37. The molecule has 0 aromatic heterocycles. The Hall–Kier alpha value is -0.460. The molecule has 7 heteroatoms. The van der Waals surface area contributed by atoms with Crippen LogP contribution in [0.5, 0.6) is 0 Å². The lowest BCUT2D eigenvalue weighted by atomic mass is 10.2. The monoisotopic (exact) mass is 281 g/mol. The summed E-state index contributed by atoms with van der Waals surface area (Å²) in [7, 11) is 0. The van der Waals surface area contributed by atoms with Crippen LogP contribution in [0.4, 0.5) is 0 Å². The van der Waals surface area contributed by atoms with Gasteiger partial charge in [0.05, 0.1) is 13.1 Å². The molecular weight excluding hydrogens is 262 g/mol. The van der Waals surface area contributed by atoms with Crippen LogP contribution in [0, 0.1) is 0 Å². The topological polar surface area (TPSA) is 75.4 Å². The second kappa shape index (κ2) is 7.79. The molecule has 3 N–H and O–H groups in total. The Kier molecular flexibility index (Phi) is 7.58. The van der Waals surface area contributed by atoms with Gasteiger partial charge >= 0.3 is 0 Å². The van der Waals surface area contributed by atoms with Crippen molar-refractivity contribution >= 4 is 36.0 Å². The van der Waals surface area contributed by atoms with Crippen molar-refractivity contribution in [2.45, 2.75) is 25.1 Å². The minimum absolute atomic E-state index is 0. The first-order valence-electron chi connectivity index (χ1n) is 5.44. The Labute approximate surface area is 112 Å². The first-order chi connectivity index (χ1) is 7.56. The van der Waals surface area contributed by atoms with Crippen LogP contribution in [0.25, 0.3) is 0 Å². The minimum Gasteiger partial charge on any atom is -0.346 e. The van der Waals surface area contributed by atoms with Crippen molar-refractivity contribution in [2.24, 2.45) is 5.73 Å². The Morgan fingerprint density at radius 2 is 2.12 bits per heavy atom. The Morgan fingerprint density at radius 1 is 1.47 bits per heavy atom. The molecule has 1 fully saturated rings. The van der Waals surface area contributed by atoms with Gasteiger partial charge in [-0.15, -0.1) is 12.4 Å². The number of amides is 2. The Bertz CT molecular complexity index is 278. The van der Waals surface area contributed by atoms with E-state index in [0.717, 1.165) is 12.3 Å². The fourth-order valence-electron chi connectivity index (χ4n) is 1.63. The third-order valence-electron chi connectivity index (χ3n) is 2.83. The first kappa shape index (κ1) is 16.5. The second-order valence-corrected chi connectivity index (χ2v) is 5.37. The highest BCUT2D eigenvalue weighted by molar-refractivity contribution is 8.00. The van der Waals surface area contributed by atoms with Gasteiger partial charge in [-0.2, -0.15) is 11.8 Å². The standard InChI is InChI=1S/C10H19N3O2S.ClH/c1-7-8(2)16-4-3-13(7)10(15)6-12-9(14)5-11;/h7-8H,3-6,11H2,1-2H3,(H,12,14);1H. The molecule has 1 rings (SSSR count). The van der Waals surface area contributed by atoms with Gasteiger partial charge < -0.3 is 16.0 Å². The average molecular weight is 282 g/mol. The lowest BCUT2D eigenvalue weighted by molar-refractivity contribution is -0.134. The van der Waals surface area contributed by atoms with Crippen LogP contribution in [0.15, 0.2) is 0 Å². The molecule has 1 aliphatic heterocycles. The number of carbonyl (C=O) groups excluding carboxylic acids is 2. The van der Waals surface area contributed by atoms with Crippen molar-refractivity contribution in [2.75, 3.05) is 25.4 Å². The van der Waals surface area contributed by atoms with Crippen LogP contribution in [-0.2, 0) is 9.59 Å². The minimum atomic E-state index is -0.291. The summed E-state index contributed by atoms with van der Waals surface area (Å²) in [6.45, 7) is 4.90. The van der Waals surface area contributed by atoms with E-state index in [-0.39, 0.29) is 43.4 Å². The van der Waals surface area contributed by atoms with Crippen LogP contribution in [0.1, 0.15) is 13.8 Å². The smallest absolute Gasteiger partial charge is 0.242 e. The normalized spacial score (nSPS) is 23.8. The highest BCUT2D eigenvalue weighted by Gasteiger charge is 2.28. The van der Waals surface area contributed by atoms with Crippen LogP contribution in [0.3, 0.4) is 0 Å². The zero-order chi connectivity index (χ0) is 12.1. The van der Waals surface area contributed by atoms with E-state index in [4.69, 9.17) is 5.73 Å². The summed E-state index contributed by atoms with van der Waals surface area (Å²) in [4.78, 5) is 24.6. The molecular formula is C10H20ClN3O2S. The highest BCUT2D eigenvalue weighted by Crippen LogP contribution is 2.23. The maximum atomic E-state index is 11.8. The van der Waals surface area contributed by atoms with Gasteiger partial charge in [0, 0.05) is 23.6 Å². The predicted molar refractivity (Wildman–Crippen MR) is 72.4 cm³/mol. The lowest BCUT2D eigenvalue weighted by Crippen LogP contribution is -2.51. The molecule has 2 amide bonds. The maximum Gasteiger partial charge on any atom is 0.242 e. The Morgan fingerprint density at radius 3 is 2.71 bits per heavy atom. The van der Waals surface area contributed by atoms with E-state index in [1.54, 1.807) is 0 Å². The van der Waals surface area contributed by atoms with Gasteiger partial charge in [-0.05, 0) is 6.92 Å². The molecule has 0 aromatic carbocycles. The molecule has 17 heavy (non-hydrogen) atoms. The molecule has 5 nitrogen and oxygen atoms in total. The van der Waals surface area contributed by atoms with Crippen molar-refractivity contribution in [1.29, 1.82) is 0 Å². The number of hydrogen-bond donors (Lipinski definition) is 2. The summed E-state index contributed by atoms with van der Waals surface area (Å²) in [6, 6.07) is 0.223. The molecule has 0 aliphatic carbocycles. The van der Waals surface area contributed by atoms with Crippen molar-refractivity contribution < 1.29 is 9.59 Å². The van der Waals surface area contributed by atoms with E-state index in [0.29, 0.717) is 5.25 Å². The molecule has 100 valence electrons. The Balaban J connectivity index is 0.00000256. The number of rotatable bonds is 3. The highest BCUT2D eigenvalue weighted by atomic mass is 35.5. The molecule has 2 unspecified atom stereocenters. The molecule has 0 spiro atoms. The number of nitrogens with two attached hydrogens (primary N) is 1. The van der Waals surface area contributed by atoms with Crippen molar-refractivity contribution in [3.05, 3.63) is 0 Å². The summed E-state index contributed by atoms with van der Waals surface area (Å²) >= 11 is 1.87. The van der Waals surface area contributed by atoms with E-state index in [9.17, 15) is 9.59 Å². The van der Waals surface area contributed by atoms with Gasteiger partial charge in [-0.1, -0.05) is 6.92 Å². The van der Waals surface area contributed by atoms with Crippen LogP contribution < -0.4 is 11.1 Å². The predicted octanol–water partition coefficient (Wildman–Crippen LogP) is -0.164. The van der Waals surface area contributed by atoms with Crippen LogP contribution >= 0.6 is 24.2 Å². The van der Waals surface area contributed by atoms with Gasteiger partial charge in [0.2, 0.25) is 11.8 Å². The van der Waals surface area contributed by atoms with Gasteiger partial charge in [0.15, 0.2) is 0 Å². The van der Waals surface area contributed by atoms with Crippen LogP contribution in [-0.4, -0.2) is 53.4 Å². The van der Waals surface area contributed by atoms with E-state index in [1.807, 2.05) is 23.6 Å². The fraction of sp³-hybridized carbons (Fsp3) is 0.800. The van der Waals surface area contributed by atoms with Gasteiger partial charge in [0.25, 0.3) is 0 Å². The van der Waals surface area contributed by atoms with E-state index in [1.165, 1.54) is 0 Å². The number of nitrogens with zero attached hydrogens (tertiary/aromatic N) is 1. The summed E-state index contributed by atoms with van der Waals surface area (Å²) in [5, 5.41) is 2.95. The maximum absolute atomic E-state index is 11.8. The quantitative estimate of drug-likeness (QED) is 0.754. The largest absolute Gasteiger partial charge is 0.346 e. The molecule has 1 heterocycles. The van der Waals surface area contributed by atoms with E-state index < -0.39 is 0 Å². The molecule has 0 bridgehead atoms. The summed E-state index contributed by atoms with van der Waals surface area (Å²) in [6.07, 6.45) is 0. The number of halogens is 1. The zero-order valence-electron chi connectivity index (χ0n) is 10.1. The molecule has 2 atom stereocenters. The number of carbonyl (C=O) groups is 2. The number of thioether (sulfide) groups is 1. The molecule has 0 radical (unpaired) electrons. The third kappa shape index (κ3) is 4.73.